The highest BCUT2D eigenvalue weighted by Crippen LogP contribution is 2.34. The molecule has 0 bridgehead atoms. The molecule has 1 aromatic heterocycles. The molecule has 150 valence electrons. The number of nitrogens with two attached hydrogens (primary N) is 1. The third kappa shape index (κ3) is 3.86. The summed E-state index contributed by atoms with van der Waals surface area (Å²) >= 11 is 0. The Bertz CT molecular complexity index is 984. The lowest BCUT2D eigenvalue weighted by Crippen LogP contribution is -2.48. The summed E-state index contributed by atoms with van der Waals surface area (Å²) in [4.78, 5) is 37.5. The van der Waals surface area contributed by atoms with Crippen molar-refractivity contribution in [2.24, 2.45) is 5.73 Å². The molecule has 0 saturated carbocycles. The van der Waals surface area contributed by atoms with E-state index in [9.17, 15) is 27.6 Å². The van der Waals surface area contributed by atoms with Gasteiger partial charge >= 0.3 is 11.8 Å². The molecular formula is C18H18F3N3O4. The lowest BCUT2D eigenvalue weighted by Gasteiger charge is -2.25. The minimum absolute atomic E-state index is 0.153. The second-order valence-electron chi connectivity index (χ2n) is 6.66. The summed E-state index contributed by atoms with van der Waals surface area (Å²) in [5.74, 6) is -0.836. The fourth-order valence-corrected chi connectivity index (χ4v) is 3.27. The number of likely N-dealkylation sites (tertiary alicyclic amines) is 1. The number of alkyl halides is 3. The summed E-state index contributed by atoms with van der Waals surface area (Å²) in [7, 11) is 0. The molecule has 1 aliphatic heterocycles. The zero-order chi connectivity index (χ0) is 20.6. The van der Waals surface area contributed by atoms with Gasteiger partial charge in [-0.1, -0.05) is 0 Å². The summed E-state index contributed by atoms with van der Waals surface area (Å²) in [5.41, 5.74) is 3.20. The van der Waals surface area contributed by atoms with Gasteiger partial charge in [0, 0.05) is 29.8 Å². The number of amides is 2. The fraction of sp³-hybridized carbons (Fsp3) is 0.389. The van der Waals surface area contributed by atoms with E-state index in [4.69, 9.17) is 10.2 Å². The van der Waals surface area contributed by atoms with E-state index in [1.54, 1.807) is 0 Å². The van der Waals surface area contributed by atoms with Gasteiger partial charge in [-0.2, -0.15) is 13.2 Å². The summed E-state index contributed by atoms with van der Waals surface area (Å²) in [5, 5.41) is 2.27. The maximum Gasteiger partial charge on any atom is 0.417 e. The molecule has 28 heavy (non-hydrogen) atoms. The maximum absolute atomic E-state index is 13.1. The molecule has 3 N–H and O–H groups in total. The lowest BCUT2D eigenvalue weighted by molar-refractivity contribution is -0.137. The van der Waals surface area contributed by atoms with Crippen LogP contribution in [0.15, 0.2) is 33.5 Å². The Morgan fingerprint density at radius 1 is 1.32 bits per heavy atom. The van der Waals surface area contributed by atoms with Gasteiger partial charge in [0.25, 0.3) is 0 Å². The molecule has 1 saturated heterocycles. The van der Waals surface area contributed by atoms with Crippen LogP contribution in [-0.2, 0) is 15.8 Å². The van der Waals surface area contributed by atoms with Crippen LogP contribution in [-0.4, -0.2) is 35.3 Å². The first-order chi connectivity index (χ1) is 13.1. The highest BCUT2D eigenvalue weighted by molar-refractivity contribution is 5.99. The topological polar surface area (TPSA) is 106 Å². The average molecular weight is 397 g/mol. The van der Waals surface area contributed by atoms with Crippen molar-refractivity contribution >= 4 is 28.5 Å². The molecule has 2 atom stereocenters. The second kappa shape index (κ2) is 7.27. The first-order valence-corrected chi connectivity index (χ1v) is 8.60. The predicted octanol–water partition coefficient (Wildman–Crippen LogP) is 2.09. The van der Waals surface area contributed by atoms with Crippen LogP contribution in [0.25, 0.3) is 11.0 Å². The predicted molar refractivity (Wildman–Crippen MR) is 94.5 cm³/mol. The summed E-state index contributed by atoms with van der Waals surface area (Å²) < 4.78 is 44.1. The van der Waals surface area contributed by atoms with E-state index in [2.05, 4.69) is 5.32 Å². The van der Waals surface area contributed by atoms with Crippen molar-refractivity contribution in [3.63, 3.8) is 0 Å². The number of nitrogens with zero attached hydrogens (tertiary/aromatic N) is 1. The molecule has 0 spiro atoms. The Balaban J connectivity index is 1.88. The molecular weight excluding hydrogens is 379 g/mol. The third-order valence-corrected chi connectivity index (χ3v) is 4.55. The van der Waals surface area contributed by atoms with Crippen molar-refractivity contribution in [1.29, 1.82) is 0 Å². The number of hydrogen-bond acceptors (Lipinski definition) is 5. The van der Waals surface area contributed by atoms with Gasteiger partial charge in [0.2, 0.25) is 11.8 Å². The van der Waals surface area contributed by atoms with Gasteiger partial charge in [-0.05, 0) is 31.9 Å². The Morgan fingerprint density at radius 3 is 2.68 bits per heavy atom. The van der Waals surface area contributed by atoms with E-state index in [-0.39, 0.29) is 22.6 Å². The maximum atomic E-state index is 13.1. The number of nitrogens with one attached hydrogen (secondary N) is 1. The van der Waals surface area contributed by atoms with Crippen LogP contribution < -0.4 is 16.7 Å². The average Bonchev–Trinajstić information content (AvgIpc) is 3.08. The lowest BCUT2D eigenvalue weighted by atomic mass is 10.1. The van der Waals surface area contributed by atoms with Gasteiger partial charge in [-0.3, -0.25) is 9.59 Å². The zero-order valence-corrected chi connectivity index (χ0v) is 14.9. The summed E-state index contributed by atoms with van der Waals surface area (Å²) in [6, 6.07) is 2.47. The van der Waals surface area contributed by atoms with Crippen LogP contribution in [0.2, 0.25) is 0 Å². The standard InChI is InChI=1S/C18H18F3N3O4/c1-9(22)17(27)24-6-2-3-13(24)16(26)23-10-4-5-11-12(18(19,20)21)8-15(25)28-14(11)7-10/h4-5,7-9,13H,2-3,6,22H2,1H3,(H,23,26)/t9-,13-/m0/s1. The van der Waals surface area contributed by atoms with E-state index in [0.29, 0.717) is 25.5 Å². The number of rotatable bonds is 3. The normalized spacial score (nSPS) is 18.3. The van der Waals surface area contributed by atoms with Crippen LogP contribution in [0.5, 0.6) is 0 Å². The summed E-state index contributed by atoms with van der Waals surface area (Å²) in [6.45, 7) is 1.93. The number of anilines is 1. The molecule has 2 amide bonds. The third-order valence-electron chi connectivity index (χ3n) is 4.55. The minimum Gasteiger partial charge on any atom is -0.423 e. The van der Waals surface area contributed by atoms with Gasteiger partial charge in [0.1, 0.15) is 11.6 Å². The largest absolute Gasteiger partial charge is 0.423 e. The highest BCUT2D eigenvalue weighted by atomic mass is 19.4. The summed E-state index contributed by atoms with van der Waals surface area (Å²) in [6.07, 6.45) is -3.63. The van der Waals surface area contributed by atoms with Crippen molar-refractivity contribution in [3.8, 4) is 0 Å². The van der Waals surface area contributed by atoms with Crippen molar-refractivity contribution < 1.29 is 27.2 Å². The van der Waals surface area contributed by atoms with Crippen LogP contribution in [0.1, 0.15) is 25.3 Å². The number of benzene rings is 1. The molecule has 3 rings (SSSR count). The van der Waals surface area contributed by atoms with Crippen LogP contribution in [0.3, 0.4) is 0 Å². The number of carbonyl (C=O) groups excluding carboxylic acids is 2. The molecule has 1 aliphatic rings. The smallest absolute Gasteiger partial charge is 0.417 e. The first kappa shape index (κ1) is 19.9. The molecule has 10 heteroatoms. The zero-order valence-electron chi connectivity index (χ0n) is 14.9. The molecule has 0 aliphatic carbocycles. The number of hydrogen-bond donors (Lipinski definition) is 2. The van der Waals surface area contributed by atoms with Gasteiger partial charge in [-0.25, -0.2) is 4.79 Å². The van der Waals surface area contributed by atoms with Crippen molar-refractivity contribution in [2.75, 3.05) is 11.9 Å². The molecule has 0 unspecified atom stereocenters. The fourth-order valence-electron chi connectivity index (χ4n) is 3.27. The Morgan fingerprint density at radius 2 is 2.04 bits per heavy atom. The quantitative estimate of drug-likeness (QED) is 0.772. The Labute approximate surface area is 157 Å². The molecule has 1 aromatic carbocycles. The highest BCUT2D eigenvalue weighted by Gasteiger charge is 2.36. The Kier molecular flexibility index (Phi) is 5.16. The van der Waals surface area contributed by atoms with Gasteiger partial charge in [-0.15, -0.1) is 0 Å². The molecule has 2 heterocycles. The number of carbonyl (C=O) groups is 2. The molecule has 1 fully saturated rings. The van der Waals surface area contributed by atoms with E-state index in [1.807, 2.05) is 0 Å². The van der Waals surface area contributed by atoms with E-state index >= 15 is 0 Å². The van der Waals surface area contributed by atoms with E-state index in [1.165, 1.54) is 17.9 Å². The van der Waals surface area contributed by atoms with Crippen LogP contribution in [0.4, 0.5) is 18.9 Å². The van der Waals surface area contributed by atoms with E-state index < -0.39 is 35.4 Å². The van der Waals surface area contributed by atoms with Crippen LogP contribution in [0, 0.1) is 0 Å². The second-order valence-corrected chi connectivity index (χ2v) is 6.66. The van der Waals surface area contributed by atoms with Crippen molar-refractivity contribution in [1.82, 2.24) is 4.90 Å². The van der Waals surface area contributed by atoms with Gasteiger partial charge in [0.15, 0.2) is 0 Å². The molecule has 0 radical (unpaired) electrons. The first-order valence-electron chi connectivity index (χ1n) is 8.60. The van der Waals surface area contributed by atoms with Gasteiger partial charge in [0.05, 0.1) is 11.6 Å². The van der Waals surface area contributed by atoms with Gasteiger partial charge < -0.3 is 20.4 Å². The molecule has 2 aromatic rings. The SMILES string of the molecule is C[C@H](N)C(=O)N1CCC[C@H]1C(=O)Nc1ccc2c(C(F)(F)F)cc(=O)oc2c1. The number of halogens is 3. The Hall–Kier alpha value is -2.88. The van der Waals surface area contributed by atoms with Crippen LogP contribution >= 0.6 is 0 Å². The minimum atomic E-state index is -4.72. The molecule has 7 nitrogen and oxygen atoms in total. The monoisotopic (exact) mass is 397 g/mol. The number of fused-ring (bicyclic) bond motifs is 1. The van der Waals surface area contributed by atoms with E-state index in [0.717, 1.165) is 12.1 Å². The van der Waals surface area contributed by atoms with Crippen molar-refractivity contribution in [2.45, 2.75) is 38.0 Å². The van der Waals surface area contributed by atoms with Crippen molar-refractivity contribution in [3.05, 3.63) is 40.2 Å².